The van der Waals surface area contributed by atoms with Crippen LogP contribution in [0.15, 0.2) is 18.2 Å². The largest absolute Gasteiger partial charge is 0.507 e. The van der Waals surface area contributed by atoms with Crippen LogP contribution in [0.5, 0.6) is 5.75 Å². The van der Waals surface area contributed by atoms with Crippen molar-refractivity contribution in [2.75, 3.05) is 26.2 Å². The molecule has 2 heterocycles. The second-order valence-corrected chi connectivity index (χ2v) is 5.60. The Morgan fingerprint density at radius 1 is 1.32 bits per heavy atom. The summed E-state index contributed by atoms with van der Waals surface area (Å²) in [5.41, 5.74) is 1.40. The molecule has 2 saturated heterocycles. The van der Waals surface area contributed by atoms with Crippen molar-refractivity contribution in [2.24, 2.45) is 0 Å². The van der Waals surface area contributed by atoms with Gasteiger partial charge in [-0.1, -0.05) is 6.07 Å². The summed E-state index contributed by atoms with van der Waals surface area (Å²) in [6.07, 6.45) is 2.42. The highest BCUT2D eigenvalue weighted by Crippen LogP contribution is 2.25. The van der Waals surface area contributed by atoms with E-state index in [1.165, 1.54) is 19.4 Å². The standard InChI is InChI=1S/C15H20N2O2/c1-11-4-5-13(14(18)9-11)15(19)17-8-7-16-6-2-3-12(16)10-17/h4-5,9,12,18H,2-3,6-8,10H2,1H3. The smallest absolute Gasteiger partial charge is 0.257 e. The molecule has 0 spiro atoms. The highest BCUT2D eigenvalue weighted by Gasteiger charge is 2.33. The lowest BCUT2D eigenvalue weighted by molar-refractivity contribution is 0.0568. The predicted molar refractivity (Wildman–Crippen MR) is 73.3 cm³/mol. The second kappa shape index (κ2) is 4.85. The van der Waals surface area contributed by atoms with Crippen LogP contribution in [0.4, 0.5) is 0 Å². The van der Waals surface area contributed by atoms with Crippen LogP contribution in [0, 0.1) is 6.92 Å². The maximum absolute atomic E-state index is 12.5. The third-order valence-corrected chi connectivity index (χ3v) is 4.26. The lowest BCUT2D eigenvalue weighted by Gasteiger charge is -2.37. The topological polar surface area (TPSA) is 43.8 Å². The number of aromatic hydroxyl groups is 1. The van der Waals surface area contributed by atoms with Crippen molar-refractivity contribution in [3.8, 4) is 5.75 Å². The van der Waals surface area contributed by atoms with E-state index < -0.39 is 0 Å². The molecule has 4 heteroatoms. The molecule has 1 amide bonds. The van der Waals surface area contributed by atoms with Gasteiger partial charge in [-0.15, -0.1) is 0 Å². The normalized spacial score (nSPS) is 23.4. The van der Waals surface area contributed by atoms with Crippen molar-refractivity contribution in [1.29, 1.82) is 0 Å². The number of rotatable bonds is 1. The SMILES string of the molecule is Cc1ccc(C(=O)N2CCN3CCCC3C2)c(O)c1. The molecule has 1 atom stereocenters. The zero-order valence-corrected chi connectivity index (χ0v) is 11.3. The van der Waals surface area contributed by atoms with Gasteiger partial charge in [0.2, 0.25) is 0 Å². The van der Waals surface area contributed by atoms with Gasteiger partial charge in [-0.05, 0) is 44.0 Å². The molecule has 0 radical (unpaired) electrons. The number of aryl methyl sites for hydroxylation is 1. The van der Waals surface area contributed by atoms with E-state index in [0.717, 1.165) is 25.2 Å². The van der Waals surface area contributed by atoms with Gasteiger partial charge in [-0.2, -0.15) is 0 Å². The minimum atomic E-state index is -0.0379. The summed E-state index contributed by atoms with van der Waals surface area (Å²) < 4.78 is 0. The number of fused-ring (bicyclic) bond motifs is 1. The van der Waals surface area contributed by atoms with Gasteiger partial charge in [0.15, 0.2) is 0 Å². The van der Waals surface area contributed by atoms with Crippen molar-refractivity contribution in [2.45, 2.75) is 25.8 Å². The fourth-order valence-electron chi connectivity index (χ4n) is 3.17. The second-order valence-electron chi connectivity index (χ2n) is 5.60. The van der Waals surface area contributed by atoms with Gasteiger partial charge in [-0.3, -0.25) is 9.69 Å². The third-order valence-electron chi connectivity index (χ3n) is 4.26. The molecule has 1 aromatic rings. The number of hydrogen-bond donors (Lipinski definition) is 1. The van der Waals surface area contributed by atoms with Gasteiger partial charge in [0.05, 0.1) is 5.56 Å². The van der Waals surface area contributed by atoms with Crippen LogP contribution in [0.2, 0.25) is 0 Å². The summed E-state index contributed by atoms with van der Waals surface area (Å²) in [6, 6.07) is 5.77. The molecule has 3 rings (SSSR count). The van der Waals surface area contributed by atoms with Gasteiger partial charge in [0.25, 0.3) is 5.91 Å². The highest BCUT2D eigenvalue weighted by atomic mass is 16.3. The van der Waals surface area contributed by atoms with Crippen LogP contribution in [-0.2, 0) is 0 Å². The van der Waals surface area contributed by atoms with Crippen LogP contribution < -0.4 is 0 Å². The molecule has 0 bridgehead atoms. The number of hydrogen-bond acceptors (Lipinski definition) is 3. The van der Waals surface area contributed by atoms with Crippen molar-refractivity contribution in [3.63, 3.8) is 0 Å². The van der Waals surface area contributed by atoms with Gasteiger partial charge >= 0.3 is 0 Å². The number of nitrogens with zero attached hydrogens (tertiary/aromatic N) is 2. The molecule has 0 aliphatic carbocycles. The Kier molecular flexibility index (Phi) is 3.19. The Labute approximate surface area is 113 Å². The maximum Gasteiger partial charge on any atom is 0.257 e. The number of carbonyl (C=O) groups excluding carboxylic acids is 1. The maximum atomic E-state index is 12.5. The van der Waals surface area contributed by atoms with E-state index in [-0.39, 0.29) is 11.7 Å². The van der Waals surface area contributed by atoms with E-state index in [0.29, 0.717) is 11.6 Å². The van der Waals surface area contributed by atoms with Crippen LogP contribution in [0.1, 0.15) is 28.8 Å². The zero-order chi connectivity index (χ0) is 13.4. The van der Waals surface area contributed by atoms with E-state index >= 15 is 0 Å². The summed E-state index contributed by atoms with van der Waals surface area (Å²) in [5, 5.41) is 9.92. The van der Waals surface area contributed by atoms with Gasteiger partial charge in [-0.25, -0.2) is 0 Å². The Morgan fingerprint density at radius 2 is 2.16 bits per heavy atom. The minimum Gasteiger partial charge on any atom is -0.507 e. The van der Waals surface area contributed by atoms with Crippen molar-refractivity contribution in [1.82, 2.24) is 9.80 Å². The lowest BCUT2D eigenvalue weighted by atomic mass is 10.1. The summed E-state index contributed by atoms with van der Waals surface area (Å²) in [4.78, 5) is 16.8. The summed E-state index contributed by atoms with van der Waals surface area (Å²) in [5.74, 6) is 0.0582. The summed E-state index contributed by atoms with van der Waals surface area (Å²) >= 11 is 0. The molecule has 0 saturated carbocycles. The highest BCUT2D eigenvalue weighted by molar-refractivity contribution is 5.97. The molecule has 2 aliphatic rings. The molecule has 1 aromatic carbocycles. The molecule has 1 unspecified atom stereocenters. The van der Waals surface area contributed by atoms with Gasteiger partial charge in [0, 0.05) is 25.7 Å². The number of phenols is 1. The molecule has 19 heavy (non-hydrogen) atoms. The molecule has 2 aliphatic heterocycles. The number of amides is 1. The first-order chi connectivity index (χ1) is 9.15. The molecule has 0 aromatic heterocycles. The Morgan fingerprint density at radius 3 is 2.95 bits per heavy atom. The first-order valence-electron chi connectivity index (χ1n) is 6.98. The van der Waals surface area contributed by atoms with Crippen LogP contribution >= 0.6 is 0 Å². The predicted octanol–water partition coefficient (Wildman–Crippen LogP) is 1.62. The van der Waals surface area contributed by atoms with Crippen molar-refractivity contribution < 1.29 is 9.90 Å². The number of carbonyl (C=O) groups is 1. The fourth-order valence-corrected chi connectivity index (χ4v) is 3.17. The van der Waals surface area contributed by atoms with Crippen molar-refractivity contribution in [3.05, 3.63) is 29.3 Å². The Hall–Kier alpha value is -1.55. The monoisotopic (exact) mass is 260 g/mol. The van der Waals surface area contributed by atoms with Crippen LogP contribution in [0.3, 0.4) is 0 Å². The van der Waals surface area contributed by atoms with E-state index in [2.05, 4.69) is 4.90 Å². The minimum absolute atomic E-state index is 0.0379. The van der Waals surface area contributed by atoms with Crippen LogP contribution in [-0.4, -0.2) is 53.0 Å². The number of piperazine rings is 1. The molecular weight excluding hydrogens is 240 g/mol. The fraction of sp³-hybridized carbons (Fsp3) is 0.533. The third kappa shape index (κ3) is 2.32. The van der Waals surface area contributed by atoms with E-state index in [4.69, 9.17) is 0 Å². The quantitative estimate of drug-likeness (QED) is 0.834. The molecule has 1 N–H and O–H groups in total. The van der Waals surface area contributed by atoms with Gasteiger partial charge < -0.3 is 10.0 Å². The van der Waals surface area contributed by atoms with E-state index in [1.807, 2.05) is 17.9 Å². The van der Waals surface area contributed by atoms with Crippen molar-refractivity contribution >= 4 is 5.91 Å². The molecule has 4 nitrogen and oxygen atoms in total. The number of phenolic OH excluding ortho intramolecular Hbond substituents is 1. The van der Waals surface area contributed by atoms with Gasteiger partial charge in [0.1, 0.15) is 5.75 Å². The first-order valence-corrected chi connectivity index (χ1v) is 6.98. The zero-order valence-electron chi connectivity index (χ0n) is 11.3. The Bertz CT molecular complexity index is 501. The van der Waals surface area contributed by atoms with Crippen LogP contribution in [0.25, 0.3) is 0 Å². The Balaban J connectivity index is 1.76. The summed E-state index contributed by atoms with van der Waals surface area (Å²) in [6.45, 7) is 5.60. The lowest BCUT2D eigenvalue weighted by Crippen LogP contribution is -2.52. The average Bonchev–Trinajstić information content (AvgIpc) is 2.85. The van der Waals surface area contributed by atoms with E-state index in [1.54, 1.807) is 12.1 Å². The first kappa shape index (κ1) is 12.5. The molecule has 2 fully saturated rings. The average molecular weight is 260 g/mol. The number of benzene rings is 1. The summed E-state index contributed by atoms with van der Waals surface area (Å²) in [7, 11) is 0. The van der Waals surface area contributed by atoms with E-state index in [9.17, 15) is 9.90 Å². The molecule has 102 valence electrons. The molecular formula is C15H20N2O2.